The number of hydrogen-bond donors (Lipinski definition) is 0. The highest BCUT2D eigenvalue weighted by atomic mass is 127. The fraction of sp³-hybridized carbons (Fsp3) is 0.143. The van der Waals surface area contributed by atoms with Crippen LogP contribution >= 0.6 is 42.0 Å². The predicted octanol–water partition coefficient (Wildman–Crippen LogP) is 6.84. The molecular formula is C21H19ClIO5P. The van der Waals surface area contributed by atoms with Gasteiger partial charge < -0.3 is 4.74 Å². The predicted molar refractivity (Wildman–Crippen MR) is 121 cm³/mol. The highest BCUT2D eigenvalue weighted by Crippen LogP contribution is 2.51. The monoisotopic (exact) mass is 544 g/mol. The number of benzene rings is 3. The number of hydrogen-bond acceptors (Lipinski definition) is 5. The maximum Gasteiger partial charge on any atom is 0.478 e. The molecule has 0 saturated carbocycles. The lowest BCUT2D eigenvalue weighted by molar-refractivity contribution is 0.0444. The zero-order valence-corrected chi connectivity index (χ0v) is 19.2. The van der Waals surface area contributed by atoms with E-state index in [1.165, 1.54) is 0 Å². The van der Waals surface area contributed by atoms with Crippen LogP contribution in [-0.4, -0.2) is 6.79 Å². The summed E-state index contributed by atoms with van der Waals surface area (Å²) in [6, 6.07) is 24.1. The van der Waals surface area contributed by atoms with Crippen molar-refractivity contribution >= 4 is 42.0 Å². The Labute approximate surface area is 188 Å². The first-order valence-electron chi connectivity index (χ1n) is 8.73. The van der Waals surface area contributed by atoms with E-state index in [-0.39, 0.29) is 20.0 Å². The van der Waals surface area contributed by atoms with E-state index in [1.54, 1.807) is 12.1 Å². The quantitative estimate of drug-likeness (QED) is 0.159. The van der Waals surface area contributed by atoms with Crippen molar-refractivity contribution in [1.82, 2.24) is 0 Å². The van der Waals surface area contributed by atoms with E-state index in [0.29, 0.717) is 10.8 Å². The zero-order chi connectivity index (χ0) is 20.5. The Morgan fingerprint density at radius 2 is 1.34 bits per heavy atom. The summed E-state index contributed by atoms with van der Waals surface area (Å²) in [5, 5.41) is 0.436. The van der Waals surface area contributed by atoms with Gasteiger partial charge in [0.2, 0.25) is 0 Å². The van der Waals surface area contributed by atoms with Crippen LogP contribution in [0, 0.1) is 3.57 Å². The highest BCUT2D eigenvalue weighted by Gasteiger charge is 2.27. The van der Waals surface area contributed by atoms with Gasteiger partial charge in [0.25, 0.3) is 0 Å². The van der Waals surface area contributed by atoms with Gasteiger partial charge in [-0.05, 0) is 51.9 Å². The Kier molecular flexibility index (Phi) is 8.53. The molecule has 0 aliphatic rings. The van der Waals surface area contributed by atoms with Crippen LogP contribution in [0.4, 0.5) is 0 Å². The molecular weight excluding hydrogens is 526 g/mol. The van der Waals surface area contributed by atoms with Crippen molar-refractivity contribution < 1.29 is 22.9 Å². The lowest BCUT2D eigenvalue weighted by atomic mass is 10.2. The van der Waals surface area contributed by atoms with Crippen LogP contribution < -0.4 is 4.74 Å². The van der Waals surface area contributed by atoms with Gasteiger partial charge in [-0.15, -0.1) is 0 Å². The summed E-state index contributed by atoms with van der Waals surface area (Å²) < 4.78 is 36.0. The normalized spacial score (nSPS) is 11.4. The molecule has 0 spiro atoms. The maximum atomic E-state index is 13.1. The first-order chi connectivity index (χ1) is 14.0. The van der Waals surface area contributed by atoms with Gasteiger partial charge in [0.05, 0.1) is 18.2 Å². The number of phosphoric ester groups is 1. The molecule has 0 radical (unpaired) electrons. The fourth-order valence-corrected chi connectivity index (χ4v) is 4.24. The standard InChI is InChI=1S/C21H19ClIO5P/c22-20-13-19(23)11-12-21(20)25-16-28-29(24,26-14-17-7-3-1-4-8-17)27-15-18-9-5-2-6-10-18/h1-13H,14-16H2. The second-order valence-electron chi connectivity index (χ2n) is 5.93. The van der Waals surface area contributed by atoms with Gasteiger partial charge in [0.1, 0.15) is 5.75 Å². The van der Waals surface area contributed by atoms with Crippen molar-refractivity contribution in [2.24, 2.45) is 0 Å². The van der Waals surface area contributed by atoms with E-state index < -0.39 is 7.82 Å². The number of rotatable bonds is 10. The molecule has 0 aromatic heterocycles. The Morgan fingerprint density at radius 1 is 0.793 bits per heavy atom. The van der Waals surface area contributed by atoms with E-state index in [9.17, 15) is 4.57 Å². The second kappa shape index (κ2) is 11.1. The van der Waals surface area contributed by atoms with Crippen molar-refractivity contribution in [3.05, 3.63) is 98.6 Å². The first-order valence-corrected chi connectivity index (χ1v) is 11.7. The fourth-order valence-electron chi connectivity index (χ4n) is 2.31. The molecule has 0 N–H and O–H groups in total. The summed E-state index contributed by atoms with van der Waals surface area (Å²) in [5.74, 6) is 0.421. The van der Waals surface area contributed by atoms with Crippen molar-refractivity contribution in [3.8, 4) is 5.75 Å². The highest BCUT2D eigenvalue weighted by molar-refractivity contribution is 14.1. The molecule has 29 heavy (non-hydrogen) atoms. The van der Waals surface area contributed by atoms with Gasteiger partial charge in [-0.3, -0.25) is 9.05 Å². The molecule has 0 unspecified atom stereocenters. The Morgan fingerprint density at radius 3 is 1.86 bits per heavy atom. The molecule has 0 saturated heterocycles. The summed E-state index contributed by atoms with van der Waals surface area (Å²) in [7, 11) is -3.88. The molecule has 0 aliphatic heterocycles. The molecule has 3 rings (SSSR count). The maximum absolute atomic E-state index is 13.1. The van der Waals surface area contributed by atoms with Gasteiger partial charge in [0.15, 0.2) is 6.79 Å². The molecule has 152 valence electrons. The van der Waals surface area contributed by atoms with Gasteiger partial charge >= 0.3 is 7.82 Å². The minimum absolute atomic E-state index is 0.0806. The Bertz CT molecular complexity index is 908. The third-order valence-corrected chi connectivity index (χ3v) is 6.06. The van der Waals surface area contributed by atoms with Crippen molar-refractivity contribution in [1.29, 1.82) is 0 Å². The number of phosphoric acid groups is 1. The summed E-state index contributed by atoms with van der Waals surface area (Å²) in [6.07, 6.45) is 0. The molecule has 3 aromatic carbocycles. The average molecular weight is 545 g/mol. The summed E-state index contributed by atoms with van der Waals surface area (Å²) in [6.45, 7) is -0.171. The smallest absolute Gasteiger partial charge is 0.465 e. The van der Waals surface area contributed by atoms with Crippen LogP contribution in [-0.2, 0) is 31.4 Å². The molecule has 0 aliphatic carbocycles. The van der Waals surface area contributed by atoms with E-state index in [0.717, 1.165) is 14.7 Å². The molecule has 0 bridgehead atoms. The number of halogens is 2. The van der Waals surface area contributed by atoms with E-state index >= 15 is 0 Å². The van der Waals surface area contributed by atoms with E-state index in [2.05, 4.69) is 22.6 Å². The summed E-state index contributed by atoms with van der Waals surface area (Å²) in [4.78, 5) is 0. The van der Waals surface area contributed by atoms with Crippen molar-refractivity contribution in [3.63, 3.8) is 0 Å². The zero-order valence-electron chi connectivity index (χ0n) is 15.4. The largest absolute Gasteiger partial charge is 0.478 e. The van der Waals surface area contributed by atoms with Gasteiger partial charge in [-0.2, -0.15) is 0 Å². The minimum Gasteiger partial charge on any atom is -0.465 e. The molecule has 8 heteroatoms. The topological polar surface area (TPSA) is 54.0 Å². The second-order valence-corrected chi connectivity index (χ2v) is 9.25. The summed E-state index contributed by atoms with van der Waals surface area (Å²) >= 11 is 8.29. The lowest BCUT2D eigenvalue weighted by Crippen LogP contribution is -2.06. The van der Waals surface area contributed by atoms with Crippen molar-refractivity contribution in [2.45, 2.75) is 13.2 Å². The van der Waals surface area contributed by atoms with Crippen molar-refractivity contribution in [2.75, 3.05) is 6.79 Å². The SMILES string of the molecule is O=P(OCOc1ccc(I)cc1Cl)(OCc1ccccc1)OCc1ccccc1. The Hall–Kier alpha value is -1.41. The molecule has 0 amide bonds. The van der Waals surface area contributed by atoms with Gasteiger partial charge in [-0.1, -0.05) is 72.3 Å². The Balaban J connectivity index is 1.63. The molecule has 0 fully saturated rings. The first kappa shape index (κ1) is 22.3. The lowest BCUT2D eigenvalue weighted by Gasteiger charge is -2.18. The van der Waals surface area contributed by atoms with E-state index in [1.807, 2.05) is 66.7 Å². The van der Waals surface area contributed by atoms with Crippen LogP contribution in [0.3, 0.4) is 0 Å². The van der Waals surface area contributed by atoms with Crippen LogP contribution in [0.1, 0.15) is 11.1 Å². The van der Waals surface area contributed by atoms with Gasteiger partial charge in [-0.25, -0.2) is 9.09 Å². The molecule has 5 nitrogen and oxygen atoms in total. The molecule has 3 aromatic rings. The minimum atomic E-state index is -3.88. The number of ether oxygens (including phenoxy) is 1. The third kappa shape index (κ3) is 7.41. The van der Waals surface area contributed by atoms with Crippen LogP contribution in [0.25, 0.3) is 0 Å². The molecule has 0 heterocycles. The van der Waals surface area contributed by atoms with Gasteiger partial charge in [0, 0.05) is 3.57 Å². The van der Waals surface area contributed by atoms with Crippen LogP contribution in [0.5, 0.6) is 5.75 Å². The third-order valence-electron chi connectivity index (χ3n) is 3.78. The average Bonchev–Trinajstić information content (AvgIpc) is 2.74. The molecule has 0 atom stereocenters. The summed E-state index contributed by atoms with van der Waals surface area (Å²) in [5.41, 5.74) is 1.70. The van der Waals surface area contributed by atoms with Crippen LogP contribution in [0.2, 0.25) is 5.02 Å². The van der Waals surface area contributed by atoms with E-state index in [4.69, 9.17) is 29.9 Å². The van der Waals surface area contributed by atoms with Crippen LogP contribution in [0.15, 0.2) is 78.9 Å².